The van der Waals surface area contributed by atoms with E-state index in [1.165, 1.54) is 0 Å². The third-order valence-electron chi connectivity index (χ3n) is 3.00. The number of hydrogen-bond acceptors (Lipinski definition) is 2. The van der Waals surface area contributed by atoms with Gasteiger partial charge in [-0.1, -0.05) is 20.8 Å². The van der Waals surface area contributed by atoms with Gasteiger partial charge in [0.2, 0.25) is 5.91 Å². The smallest absolute Gasteiger partial charge is 0.229 e. The molecule has 3 nitrogen and oxygen atoms in total. The minimum atomic E-state index is -0.384. The molecule has 2 N–H and O–H groups in total. The number of amides is 1. The topological polar surface area (TPSA) is 46.3 Å². The largest absolute Gasteiger partial charge is 0.342 e. The summed E-state index contributed by atoms with van der Waals surface area (Å²) in [6.07, 6.45) is 0.803. The fraction of sp³-hybridized carbons (Fsp3) is 0.917. The standard InChI is InChI=1S/C12H26N2O/c1-6-12(5,9-13)11(15)14(7-2)8-10(3)4/h10H,6-9,13H2,1-5H3. The summed E-state index contributed by atoms with van der Waals surface area (Å²) in [4.78, 5) is 14.2. The minimum absolute atomic E-state index is 0.198. The minimum Gasteiger partial charge on any atom is -0.342 e. The maximum atomic E-state index is 12.2. The quantitative estimate of drug-likeness (QED) is 0.733. The fourth-order valence-electron chi connectivity index (χ4n) is 1.56. The molecule has 3 heteroatoms. The molecule has 0 aromatic heterocycles. The predicted molar refractivity (Wildman–Crippen MR) is 64.5 cm³/mol. The zero-order valence-corrected chi connectivity index (χ0v) is 10.8. The molecule has 0 heterocycles. The second-order valence-electron chi connectivity index (χ2n) is 4.86. The van der Waals surface area contributed by atoms with Crippen molar-refractivity contribution in [3.05, 3.63) is 0 Å². The third kappa shape index (κ3) is 3.82. The van der Waals surface area contributed by atoms with Gasteiger partial charge in [-0.15, -0.1) is 0 Å². The Morgan fingerprint density at radius 1 is 1.40 bits per heavy atom. The Kier molecular flexibility index (Phi) is 5.88. The van der Waals surface area contributed by atoms with Crippen molar-refractivity contribution < 1.29 is 4.79 Å². The summed E-state index contributed by atoms with van der Waals surface area (Å²) in [7, 11) is 0. The van der Waals surface area contributed by atoms with Gasteiger partial charge in [-0.2, -0.15) is 0 Å². The number of carbonyl (C=O) groups is 1. The van der Waals surface area contributed by atoms with Crippen molar-refractivity contribution in [1.29, 1.82) is 0 Å². The Balaban J connectivity index is 4.62. The molecule has 0 spiro atoms. The van der Waals surface area contributed by atoms with E-state index >= 15 is 0 Å². The maximum absolute atomic E-state index is 12.2. The van der Waals surface area contributed by atoms with E-state index in [0.29, 0.717) is 12.5 Å². The predicted octanol–water partition coefficient (Wildman–Crippen LogP) is 1.87. The molecule has 0 saturated heterocycles. The van der Waals surface area contributed by atoms with E-state index < -0.39 is 0 Å². The van der Waals surface area contributed by atoms with Crippen LogP contribution < -0.4 is 5.73 Å². The summed E-state index contributed by atoms with van der Waals surface area (Å²) in [6.45, 7) is 12.3. The van der Waals surface area contributed by atoms with Gasteiger partial charge in [0.15, 0.2) is 0 Å². The molecule has 15 heavy (non-hydrogen) atoms. The molecule has 0 rings (SSSR count). The van der Waals surface area contributed by atoms with Crippen LogP contribution >= 0.6 is 0 Å². The summed E-state index contributed by atoms with van der Waals surface area (Å²) >= 11 is 0. The molecule has 0 aliphatic heterocycles. The molecule has 0 aromatic rings. The number of hydrogen-bond donors (Lipinski definition) is 1. The maximum Gasteiger partial charge on any atom is 0.229 e. The van der Waals surface area contributed by atoms with Crippen molar-refractivity contribution >= 4 is 5.91 Å². The molecule has 1 atom stereocenters. The van der Waals surface area contributed by atoms with E-state index in [4.69, 9.17) is 5.73 Å². The van der Waals surface area contributed by atoms with Crippen LogP contribution in [0.5, 0.6) is 0 Å². The normalized spacial score (nSPS) is 15.1. The zero-order chi connectivity index (χ0) is 12.1. The highest BCUT2D eigenvalue weighted by molar-refractivity contribution is 5.82. The van der Waals surface area contributed by atoms with E-state index in [9.17, 15) is 4.79 Å². The monoisotopic (exact) mass is 214 g/mol. The van der Waals surface area contributed by atoms with Gasteiger partial charge in [-0.05, 0) is 26.2 Å². The summed E-state index contributed by atoms with van der Waals surface area (Å²) in [5, 5.41) is 0. The lowest BCUT2D eigenvalue weighted by Crippen LogP contribution is -2.47. The Bertz CT molecular complexity index is 198. The SMILES string of the molecule is CCN(CC(C)C)C(=O)C(C)(CC)CN. The van der Waals surface area contributed by atoms with Gasteiger partial charge in [0.05, 0.1) is 5.41 Å². The summed E-state index contributed by atoms with van der Waals surface area (Å²) in [6, 6.07) is 0. The van der Waals surface area contributed by atoms with Gasteiger partial charge in [0.1, 0.15) is 0 Å². The number of carbonyl (C=O) groups excluding carboxylic acids is 1. The van der Waals surface area contributed by atoms with E-state index in [0.717, 1.165) is 19.5 Å². The molecular weight excluding hydrogens is 188 g/mol. The highest BCUT2D eigenvalue weighted by atomic mass is 16.2. The molecule has 0 aromatic carbocycles. The van der Waals surface area contributed by atoms with Crippen LogP contribution in [0.3, 0.4) is 0 Å². The second kappa shape index (κ2) is 6.11. The molecule has 0 bridgehead atoms. The van der Waals surface area contributed by atoms with Gasteiger partial charge >= 0.3 is 0 Å². The van der Waals surface area contributed by atoms with Gasteiger partial charge in [-0.25, -0.2) is 0 Å². The van der Waals surface area contributed by atoms with Crippen molar-refractivity contribution in [3.63, 3.8) is 0 Å². The van der Waals surface area contributed by atoms with E-state index in [-0.39, 0.29) is 11.3 Å². The van der Waals surface area contributed by atoms with Crippen LogP contribution in [-0.4, -0.2) is 30.4 Å². The van der Waals surface area contributed by atoms with Crippen LogP contribution in [0.2, 0.25) is 0 Å². The van der Waals surface area contributed by atoms with Crippen molar-refractivity contribution in [2.45, 2.75) is 41.0 Å². The van der Waals surface area contributed by atoms with E-state index in [1.54, 1.807) is 0 Å². The second-order valence-corrected chi connectivity index (χ2v) is 4.86. The molecule has 0 radical (unpaired) electrons. The molecule has 0 fully saturated rings. The van der Waals surface area contributed by atoms with E-state index in [1.807, 2.05) is 25.7 Å². The molecule has 90 valence electrons. The number of rotatable bonds is 6. The van der Waals surface area contributed by atoms with Crippen molar-refractivity contribution in [3.8, 4) is 0 Å². The Morgan fingerprint density at radius 3 is 2.20 bits per heavy atom. The highest BCUT2D eigenvalue weighted by Gasteiger charge is 2.33. The lowest BCUT2D eigenvalue weighted by Gasteiger charge is -2.33. The van der Waals surface area contributed by atoms with Crippen molar-refractivity contribution in [2.75, 3.05) is 19.6 Å². The molecule has 0 aliphatic carbocycles. The Labute approximate surface area is 94.0 Å². The Hall–Kier alpha value is -0.570. The molecular formula is C12H26N2O. The van der Waals surface area contributed by atoms with Gasteiger partial charge < -0.3 is 10.6 Å². The van der Waals surface area contributed by atoms with Crippen molar-refractivity contribution in [2.24, 2.45) is 17.1 Å². The van der Waals surface area contributed by atoms with Crippen LogP contribution in [0.4, 0.5) is 0 Å². The Morgan fingerprint density at radius 2 is 1.93 bits per heavy atom. The lowest BCUT2D eigenvalue weighted by molar-refractivity contribution is -0.141. The number of nitrogens with zero attached hydrogens (tertiary/aromatic N) is 1. The average molecular weight is 214 g/mol. The van der Waals surface area contributed by atoms with Crippen LogP contribution in [0.25, 0.3) is 0 Å². The lowest BCUT2D eigenvalue weighted by atomic mass is 9.86. The van der Waals surface area contributed by atoms with E-state index in [2.05, 4.69) is 13.8 Å². The summed E-state index contributed by atoms with van der Waals surface area (Å²) in [5.74, 6) is 0.705. The first-order chi connectivity index (χ1) is 6.91. The summed E-state index contributed by atoms with van der Waals surface area (Å²) < 4.78 is 0. The van der Waals surface area contributed by atoms with Crippen LogP contribution in [0.15, 0.2) is 0 Å². The summed E-state index contributed by atoms with van der Waals surface area (Å²) in [5.41, 5.74) is 5.31. The molecule has 0 aliphatic rings. The van der Waals surface area contributed by atoms with Gasteiger partial charge in [0.25, 0.3) is 0 Å². The van der Waals surface area contributed by atoms with Gasteiger partial charge in [0, 0.05) is 19.6 Å². The molecule has 1 amide bonds. The number of nitrogens with two attached hydrogens (primary N) is 1. The van der Waals surface area contributed by atoms with Gasteiger partial charge in [-0.3, -0.25) is 4.79 Å². The molecule has 1 unspecified atom stereocenters. The van der Waals surface area contributed by atoms with Crippen LogP contribution in [0.1, 0.15) is 41.0 Å². The van der Waals surface area contributed by atoms with Crippen LogP contribution in [0, 0.1) is 11.3 Å². The first-order valence-corrected chi connectivity index (χ1v) is 5.90. The van der Waals surface area contributed by atoms with Crippen molar-refractivity contribution in [1.82, 2.24) is 4.90 Å². The van der Waals surface area contributed by atoms with Crippen LogP contribution in [-0.2, 0) is 4.79 Å². The average Bonchev–Trinajstić information content (AvgIpc) is 2.23. The zero-order valence-electron chi connectivity index (χ0n) is 10.8. The first kappa shape index (κ1) is 14.4. The molecule has 0 saturated carbocycles. The third-order valence-corrected chi connectivity index (χ3v) is 3.00. The highest BCUT2D eigenvalue weighted by Crippen LogP contribution is 2.23. The first-order valence-electron chi connectivity index (χ1n) is 5.90. The fourth-order valence-corrected chi connectivity index (χ4v) is 1.56.